The van der Waals surface area contributed by atoms with Gasteiger partial charge < -0.3 is 5.11 Å². The second-order valence-corrected chi connectivity index (χ2v) is 6.22. The SMILES string of the molecule is C=CC(C)(O)C(C/C=C(\CC)CC/C=C(\C)CC)C(=C)C. The van der Waals surface area contributed by atoms with Gasteiger partial charge in [0, 0.05) is 5.92 Å². The zero-order valence-corrected chi connectivity index (χ0v) is 14.7. The molecule has 21 heavy (non-hydrogen) atoms. The molecule has 1 heteroatoms. The predicted octanol–water partition coefficient (Wildman–Crippen LogP) is 5.98. The van der Waals surface area contributed by atoms with Crippen molar-refractivity contribution in [3.05, 3.63) is 48.1 Å². The molecule has 0 aliphatic heterocycles. The Bertz CT molecular complexity index is 396. The van der Waals surface area contributed by atoms with E-state index < -0.39 is 5.60 Å². The van der Waals surface area contributed by atoms with Gasteiger partial charge in [-0.25, -0.2) is 0 Å². The summed E-state index contributed by atoms with van der Waals surface area (Å²) < 4.78 is 0. The lowest BCUT2D eigenvalue weighted by atomic mass is 9.81. The minimum Gasteiger partial charge on any atom is -0.385 e. The normalized spacial score (nSPS) is 17.2. The first-order valence-corrected chi connectivity index (χ1v) is 8.13. The summed E-state index contributed by atoms with van der Waals surface area (Å²) in [6.45, 7) is 18.1. The minimum absolute atomic E-state index is 0.0319. The van der Waals surface area contributed by atoms with Crippen LogP contribution in [0, 0.1) is 5.92 Å². The lowest BCUT2D eigenvalue weighted by Crippen LogP contribution is -2.32. The molecule has 2 unspecified atom stereocenters. The molecule has 0 aromatic rings. The predicted molar refractivity (Wildman–Crippen MR) is 95.4 cm³/mol. The molecule has 0 spiro atoms. The van der Waals surface area contributed by atoms with Gasteiger partial charge in [0.05, 0.1) is 5.60 Å². The number of hydrogen-bond donors (Lipinski definition) is 1. The van der Waals surface area contributed by atoms with Gasteiger partial charge in [-0.2, -0.15) is 0 Å². The van der Waals surface area contributed by atoms with Crippen LogP contribution in [0.5, 0.6) is 0 Å². The van der Waals surface area contributed by atoms with Crippen molar-refractivity contribution in [1.29, 1.82) is 0 Å². The number of hydrogen-bond acceptors (Lipinski definition) is 1. The molecule has 1 N–H and O–H groups in total. The third-order valence-corrected chi connectivity index (χ3v) is 4.33. The molecule has 0 aliphatic rings. The fourth-order valence-electron chi connectivity index (χ4n) is 2.44. The van der Waals surface area contributed by atoms with Crippen LogP contribution in [-0.4, -0.2) is 10.7 Å². The third-order valence-electron chi connectivity index (χ3n) is 4.33. The number of aliphatic hydroxyl groups is 1. The average Bonchev–Trinajstić information content (AvgIpc) is 2.44. The first-order chi connectivity index (χ1) is 9.78. The maximum atomic E-state index is 10.4. The molecule has 2 atom stereocenters. The van der Waals surface area contributed by atoms with Gasteiger partial charge in [0.1, 0.15) is 0 Å². The standard InChI is InChI=1S/C20H34O/c1-8-17(6)12-11-13-18(9-2)14-15-19(16(4)5)20(7,21)10-3/h10,12,14,19,21H,3-4,8-9,11,13,15H2,1-2,5-7H3/b17-12+,18-14+. The summed E-state index contributed by atoms with van der Waals surface area (Å²) in [5.41, 5.74) is 3.04. The maximum absolute atomic E-state index is 10.4. The van der Waals surface area contributed by atoms with Crippen LogP contribution in [0.2, 0.25) is 0 Å². The summed E-state index contributed by atoms with van der Waals surface area (Å²) in [5.74, 6) is 0.0319. The first kappa shape index (κ1) is 19.9. The molecule has 0 aromatic carbocycles. The molecular formula is C20H34O. The van der Waals surface area contributed by atoms with Crippen LogP contribution in [0.3, 0.4) is 0 Å². The zero-order chi connectivity index (χ0) is 16.5. The quantitative estimate of drug-likeness (QED) is 0.491. The Morgan fingerprint density at radius 3 is 2.24 bits per heavy atom. The monoisotopic (exact) mass is 290 g/mol. The van der Waals surface area contributed by atoms with E-state index >= 15 is 0 Å². The average molecular weight is 290 g/mol. The molecule has 1 nitrogen and oxygen atoms in total. The molecule has 0 saturated heterocycles. The Balaban J connectivity index is 4.77. The molecule has 120 valence electrons. The fourth-order valence-corrected chi connectivity index (χ4v) is 2.44. The summed E-state index contributed by atoms with van der Waals surface area (Å²) in [5, 5.41) is 10.4. The second kappa shape index (κ2) is 9.78. The van der Waals surface area contributed by atoms with E-state index in [0.717, 1.165) is 37.7 Å². The second-order valence-electron chi connectivity index (χ2n) is 6.22. The first-order valence-electron chi connectivity index (χ1n) is 8.13. The zero-order valence-electron chi connectivity index (χ0n) is 14.7. The van der Waals surface area contributed by atoms with Gasteiger partial charge in [-0.3, -0.25) is 0 Å². The number of rotatable bonds is 10. The van der Waals surface area contributed by atoms with Crippen LogP contribution in [0.1, 0.15) is 66.7 Å². The minimum atomic E-state index is -0.889. The molecule has 0 amide bonds. The molecule has 0 bridgehead atoms. The molecule has 0 fully saturated rings. The summed E-state index contributed by atoms with van der Waals surface area (Å²) in [7, 11) is 0. The molecule has 0 saturated carbocycles. The van der Waals surface area contributed by atoms with Crippen LogP contribution >= 0.6 is 0 Å². The molecule has 0 aromatic heterocycles. The van der Waals surface area contributed by atoms with Crippen molar-refractivity contribution in [3.8, 4) is 0 Å². The Morgan fingerprint density at radius 2 is 1.81 bits per heavy atom. The summed E-state index contributed by atoms with van der Waals surface area (Å²) in [6.07, 6.45) is 11.5. The Labute approximate surface area is 132 Å². The van der Waals surface area contributed by atoms with Gasteiger partial charge in [0.15, 0.2) is 0 Å². The van der Waals surface area contributed by atoms with Gasteiger partial charge in [-0.15, -0.1) is 6.58 Å². The van der Waals surface area contributed by atoms with Crippen LogP contribution in [0.4, 0.5) is 0 Å². The Morgan fingerprint density at radius 1 is 1.19 bits per heavy atom. The van der Waals surface area contributed by atoms with Crippen LogP contribution < -0.4 is 0 Å². The van der Waals surface area contributed by atoms with E-state index in [9.17, 15) is 5.11 Å². The third kappa shape index (κ3) is 7.47. The highest BCUT2D eigenvalue weighted by Crippen LogP contribution is 2.29. The summed E-state index contributed by atoms with van der Waals surface area (Å²) >= 11 is 0. The summed E-state index contributed by atoms with van der Waals surface area (Å²) in [4.78, 5) is 0. The van der Waals surface area contributed by atoms with E-state index in [1.165, 1.54) is 11.1 Å². The molecule has 0 radical (unpaired) electrons. The van der Waals surface area contributed by atoms with Gasteiger partial charge in [-0.1, -0.05) is 55.4 Å². The summed E-state index contributed by atoms with van der Waals surface area (Å²) in [6, 6.07) is 0. The van der Waals surface area contributed by atoms with Crippen molar-refractivity contribution < 1.29 is 5.11 Å². The number of allylic oxidation sites excluding steroid dienone is 4. The van der Waals surface area contributed by atoms with Gasteiger partial charge in [-0.05, 0) is 52.9 Å². The van der Waals surface area contributed by atoms with Crippen molar-refractivity contribution in [2.24, 2.45) is 5.92 Å². The fraction of sp³-hybridized carbons (Fsp3) is 0.600. The highest BCUT2D eigenvalue weighted by atomic mass is 16.3. The Kier molecular flexibility index (Phi) is 9.28. The van der Waals surface area contributed by atoms with Crippen LogP contribution in [-0.2, 0) is 0 Å². The van der Waals surface area contributed by atoms with E-state index in [2.05, 4.69) is 46.1 Å². The molecular weight excluding hydrogens is 256 g/mol. The van der Waals surface area contributed by atoms with Crippen molar-refractivity contribution in [2.45, 2.75) is 72.3 Å². The molecule has 0 rings (SSSR count). The van der Waals surface area contributed by atoms with Crippen LogP contribution in [0.15, 0.2) is 48.1 Å². The van der Waals surface area contributed by atoms with E-state index in [4.69, 9.17) is 0 Å². The molecule has 0 heterocycles. The lowest BCUT2D eigenvalue weighted by molar-refractivity contribution is 0.0637. The van der Waals surface area contributed by atoms with Gasteiger partial charge in [0.25, 0.3) is 0 Å². The van der Waals surface area contributed by atoms with Crippen molar-refractivity contribution in [2.75, 3.05) is 0 Å². The largest absolute Gasteiger partial charge is 0.385 e. The highest BCUT2D eigenvalue weighted by molar-refractivity contribution is 5.15. The Hall–Kier alpha value is -1.08. The van der Waals surface area contributed by atoms with E-state index in [-0.39, 0.29) is 5.92 Å². The molecule has 0 aliphatic carbocycles. The van der Waals surface area contributed by atoms with E-state index in [1.807, 2.05) is 13.8 Å². The van der Waals surface area contributed by atoms with Crippen molar-refractivity contribution in [3.63, 3.8) is 0 Å². The van der Waals surface area contributed by atoms with Crippen molar-refractivity contribution in [1.82, 2.24) is 0 Å². The van der Waals surface area contributed by atoms with Crippen molar-refractivity contribution >= 4 is 0 Å². The topological polar surface area (TPSA) is 20.2 Å². The van der Waals surface area contributed by atoms with E-state index in [0.29, 0.717) is 0 Å². The highest BCUT2D eigenvalue weighted by Gasteiger charge is 2.28. The van der Waals surface area contributed by atoms with E-state index in [1.54, 1.807) is 6.08 Å². The smallest absolute Gasteiger partial charge is 0.0864 e. The van der Waals surface area contributed by atoms with Gasteiger partial charge in [0.2, 0.25) is 0 Å². The van der Waals surface area contributed by atoms with Crippen LogP contribution in [0.25, 0.3) is 0 Å². The van der Waals surface area contributed by atoms with Gasteiger partial charge >= 0.3 is 0 Å². The lowest BCUT2D eigenvalue weighted by Gasteiger charge is -2.30. The maximum Gasteiger partial charge on any atom is 0.0864 e.